The fraction of sp³-hybridized carbons (Fsp3) is 0.667. The number of hydrogen-bond acceptors (Lipinski definition) is 7. The highest BCUT2D eigenvalue weighted by Gasteiger charge is 2.30. The highest BCUT2D eigenvalue weighted by atomic mass is 15.6. The van der Waals surface area contributed by atoms with E-state index in [1.54, 1.807) is 6.20 Å². The molecule has 1 atom stereocenters. The Morgan fingerprint density at radius 1 is 1.26 bits per heavy atom. The SMILES string of the molecule is CN(Cc1nnnn1C1CC1)C1CCCN(c2cccnn2)C1. The average Bonchev–Trinajstić information content (AvgIpc) is 3.35. The molecule has 0 spiro atoms. The molecule has 1 saturated carbocycles. The first-order valence-electron chi connectivity index (χ1n) is 8.31. The van der Waals surface area contributed by atoms with E-state index < -0.39 is 0 Å². The maximum atomic E-state index is 4.24. The maximum Gasteiger partial charge on any atom is 0.165 e. The normalized spacial score (nSPS) is 21.8. The van der Waals surface area contributed by atoms with Gasteiger partial charge in [0.25, 0.3) is 0 Å². The van der Waals surface area contributed by atoms with Gasteiger partial charge in [-0.2, -0.15) is 5.10 Å². The minimum atomic E-state index is 0.482. The van der Waals surface area contributed by atoms with Crippen LogP contribution in [0.15, 0.2) is 18.3 Å². The molecule has 1 aliphatic carbocycles. The Balaban J connectivity index is 1.41. The van der Waals surface area contributed by atoms with Crippen molar-refractivity contribution in [3.05, 3.63) is 24.2 Å². The van der Waals surface area contributed by atoms with Gasteiger partial charge in [0.2, 0.25) is 0 Å². The van der Waals surface area contributed by atoms with Gasteiger partial charge in [-0.15, -0.1) is 10.2 Å². The first-order valence-corrected chi connectivity index (χ1v) is 8.31. The van der Waals surface area contributed by atoms with Crippen LogP contribution in [0.5, 0.6) is 0 Å². The molecule has 0 bridgehead atoms. The Bertz CT molecular complexity index is 638. The van der Waals surface area contributed by atoms with Crippen LogP contribution in [0.1, 0.15) is 37.5 Å². The molecule has 3 heterocycles. The summed E-state index contributed by atoms with van der Waals surface area (Å²) >= 11 is 0. The minimum absolute atomic E-state index is 0.482. The van der Waals surface area contributed by atoms with Gasteiger partial charge in [-0.3, -0.25) is 4.90 Å². The summed E-state index contributed by atoms with van der Waals surface area (Å²) in [6.45, 7) is 2.81. The average molecular weight is 314 g/mol. The van der Waals surface area contributed by atoms with Crippen molar-refractivity contribution in [2.75, 3.05) is 25.0 Å². The Hall–Kier alpha value is -2.09. The zero-order chi connectivity index (χ0) is 15.6. The second kappa shape index (κ2) is 6.19. The van der Waals surface area contributed by atoms with E-state index in [-0.39, 0.29) is 0 Å². The predicted molar refractivity (Wildman–Crippen MR) is 84.8 cm³/mol. The lowest BCUT2D eigenvalue weighted by molar-refractivity contribution is 0.199. The van der Waals surface area contributed by atoms with Crippen molar-refractivity contribution in [3.8, 4) is 0 Å². The molecule has 2 fully saturated rings. The highest BCUT2D eigenvalue weighted by molar-refractivity contribution is 5.37. The molecule has 0 radical (unpaired) electrons. The van der Waals surface area contributed by atoms with E-state index in [0.717, 1.165) is 31.3 Å². The largest absolute Gasteiger partial charge is 0.354 e. The van der Waals surface area contributed by atoms with E-state index in [0.29, 0.717) is 12.1 Å². The van der Waals surface area contributed by atoms with E-state index in [2.05, 4.69) is 42.6 Å². The van der Waals surface area contributed by atoms with E-state index in [4.69, 9.17) is 0 Å². The summed E-state index contributed by atoms with van der Waals surface area (Å²) in [6, 6.07) is 4.98. The molecular formula is C15H22N8. The quantitative estimate of drug-likeness (QED) is 0.811. The lowest BCUT2D eigenvalue weighted by atomic mass is 10.0. The van der Waals surface area contributed by atoms with Crippen molar-refractivity contribution in [1.29, 1.82) is 0 Å². The van der Waals surface area contributed by atoms with E-state index in [1.807, 2.05) is 16.8 Å². The van der Waals surface area contributed by atoms with Crippen molar-refractivity contribution in [2.45, 2.75) is 44.3 Å². The topological polar surface area (TPSA) is 75.9 Å². The summed E-state index contributed by atoms with van der Waals surface area (Å²) in [5.74, 6) is 1.94. The molecule has 8 heteroatoms. The Labute approximate surface area is 135 Å². The lowest BCUT2D eigenvalue weighted by Gasteiger charge is -2.37. The highest BCUT2D eigenvalue weighted by Crippen LogP contribution is 2.34. The third kappa shape index (κ3) is 3.17. The first kappa shape index (κ1) is 14.5. The van der Waals surface area contributed by atoms with Gasteiger partial charge >= 0.3 is 0 Å². The molecule has 1 unspecified atom stereocenters. The molecule has 0 N–H and O–H groups in total. The van der Waals surface area contributed by atoms with Gasteiger partial charge < -0.3 is 4.90 Å². The second-order valence-corrected chi connectivity index (χ2v) is 6.51. The van der Waals surface area contributed by atoms with Gasteiger partial charge in [0.15, 0.2) is 11.6 Å². The molecular weight excluding hydrogens is 292 g/mol. The molecule has 8 nitrogen and oxygen atoms in total. The number of likely N-dealkylation sites (N-methyl/N-ethyl adjacent to an activating group) is 1. The van der Waals surface area contributed by atoms with Crippen molar-refractivity contribution in [3.63, 3.8) is 0 Å². The van der Waals surface area contributed by atoms with E-state index in [9.17, 15) is 0 Å². The van der Waals surface area contributed by atoms with Crippen LogP contribution in [-0.2, 0) is 6.54 Å². The first-order chi connectivity index (χ1) is 11.3. The number of tetrazole rings is 1. The second-order valence-electron chi connectivity index (χ2n) is 6.51. The zero-order valence-corrected chi connectivity index (χ0v) is 13.4. The maximum absolute atomic E-state index is 4.24. The third-order valence-electron chi connectivity index (χ3n) is 4.75. The molecule has 2 aliphatic rings. The minimum Gasteiger partial charge on any atom is -0.354 e. The van der Waals surface area contributed by atoms with Gasteiger partial charge in [0.1, 0.15) is 0 Å². The summed E-state index contributed by atoms with van der Waals surface area (Å²) in [5, 5.41) is 20.4. The van der Waals surface area contributed by atoms with Crippen LogP contribution in [0.3, 0.4) is 0 Å². The molecule has 122 valence electrons. The van der Waals surface area contributed by atoms with Crippen LogP contribution in [-0.4, -0.2) is 61.5 Å². The van der Waals surface area contributed by atoms with Crippen LogP contribution in [0.4, 0.5) is 5.82 Å². The standard InChI is InChI=1S/C15H22N8/c1-21(11-15-18-19-20-23(15)12-6-7-12)13-4-3-9-22(10-13)14-5-2-8-16-17-14/h2,5,8,12-13H,3-4,6-7,9-11H2,1H3. The Morgan fingerprint density at radius 3 is 2.96 bits per heavy atom. The third-order valence-corrected chi connectivity index (χ3v) is 4.75. The molecule has 23 heavy (non-hydrogen) atoms. The fourth-order valence-corrected chi connectivity index (χ4v) is 3.26. The van der Waals surface area contributed by atoms with E-state index >= 15 is 0 Å². The van der Waals surface area contributed by atoms with Crippen LogP contribution in [0.2, 0.25) is 0 Å². The summed E-state index contributed by atoms with van der Waals surface area (Å²) in [5.41, 5.74) is 0. The zero-order valence-electron chi connectivity index (χ0n) is 13.4. The lowest BCUT2D eigenvalue weighted by Crippen LogP contribution is -2.46. The van der Waals surface area contributed by atoms with Crippen molar-refractivity contribution in [1.82, 2.24) is 35.3 Å². The van der Waals surface area contributed by atoms with Crippen LogP contribution in [0, 0.1) is 0 Å². The smallest absolute Gasteiger partial charge is 0.165 e. The van der Waals surface area contributed by atoms with Crippen LogP contribution < -0.4 is 4.90 Å². The monoisotopic (exact) mass is 314 g/mol. The number of piperidine rings is 1. The van der Waals surface area contributed by atoms with E-state index in [1.165, 1.54) is 25.7 Å². The number of anilines is 1. The van der Waals surface area contributed by atoms with Crippen LogP contribution >= 0.6 is 0 Å². The number of hydrogen-bond donors (Lipinski definition) is 0. The van der Waals surface area contributed by atoms with Gasteiger partial charge in [0, 0.05) is 25.3 Å². The summed E-state index contributed by atoms with van der Waals surface area (Å²) in [7, 11) is 2.16. The number of aromatic nitrogens is 6. The fourth-order valence-electron chi connectivity index (χ4n) is 3.26. The Morgan fingerprint density at radius 2 is 2.17 bits per heavy atom. The molecule has 0 amide bonds. The van der Waals surface area contributed by atoms with Gasteiger partial charge in [0.05, 0.1) is 12.6 Å². The molecule has 4 rings (SSSR count). The molecule has 2 aromatic heterocycles. The summed E-state index contributed by atoms with van der Waals surface area (Å²) in [6.07, 6.45) is 6.48. The van der Waals surface area contributed by atoms with Crippen molar-refractivity contribution in [2.24, 2.45) is 0 Å². The number of rotatable bonds is 5. The number of nitrogens with zero attached hydrogens (tertiary/aromatic N) is 8. The molecule has 1 aliphatic heterocycles. The van der Waals surface area contributed by atoms with Crippen LogP contribution in [0.25, 0.3) is 0 Å². The Kier molecular flexibility index (Phi) is 3.90. The molecule has 1 saturated heterocycles. The predicted octanol–water partition coefficient (Wildman–Crippen LogP) is 0.899. The van der Waals surface area contributed by atoms with Crippen molar-refractivity contribution >= 4 is 5.82 Å². The van der Waals surface area contributed by atoms with Gasteiger partial charge in [-0.25, -0.2) is 4.68 Å². The van der Waals surface area contributed by atoms with Gasteiger partial charge in [-0.05, 0) is 55.3 Å². The van der Waals surface area contributed by atoms with Gasteiger partial charge in [-0.1, -0.05) is 0 Å². The van der Waals surface area contributed by atoms with Crippen molar-refractivity contribution < 1.29 is 0 Å². The summed E-state index contributed by atoms with van der Waals surface area (Å²) in [4.78, 5) is 4.69. The summed E-state index contributed by atoms with van der Waals surface area (Å²) < 4.78 is 2.00. The molecule has 0 aromatic carbocycles. The molecule has 2 aromatic rings.